The van der Waals surface area contributed by atoms with Gasteiger partial charge in [-0.2, -0.15) is 0 Å². The van der Waals surface area contributed by atoms with Crippen LogP contribution in [0.5, 0.6) is 0 Å². The highest BCUT2D eigenvalue weighted by molar-refractivity contribution is 5.83. The third kappa shape index (κ3) is 4.61. The molecule has 1 fully saturated rings. The lowest BCUT2D eigenvalue weighted by atomic mass is 9.96. The van der Waals surface area contributed by atoms with Gasteiger partial charge in [0.2, 0.25) is 5.91 Å². The van der Waals surface area contributed by atoms with Crippen molar-refractivity contribution in [3.63, 3.8) is 0 Å². The fourth-order valence-corrected chi connectivity index (χ4v) is 3.55. The molecule has 0 saturated carbocycles. The van der Waals surface area contributed by atoms with Crippen molar-refractivity contribution in [3.05, 3.63) is 23.4 Å². The average Bonchev–Trinajstić information content (AvgIpc) is 2.59. The number of carbonyl (C=O) groups is 2. The van der Waals surface area contributed by atoms with Gasteiger partial charge in [0, 0.05) is 31.9 Å². The van der Waals surface area contributed by atoms with Gasteiger partial charge in [0.15, 0.2) is 0 Å². The minimum absolute atomic E-state index is 0.0326. The SMILES string of the molecule is CC(=O)C(C)N1CC(C(=O)NCCCCc2ccc3c(n2)NCCC3)C1. The van der Waals surface area contributed by atoms with Crippen molar-refractivity contribution in [2.24, 2.45) is 5.92 Å². The molecule has 0 aliphatic carbocycles. The summed E-state index contributed by atoms with van der Waals surface area (Å²) in [4.78, 5) is 30.2. The maximum absolute atomic E-state index is 12.1. The van der Waals surface area contributed by atoms with Crippen molar-refractivity contribution >= 4 is 17.5 Å². The molecule has 6 nitrogen and oxygen atoms in total. The molecule has 142 valence electrons. The fourth-order valence-electron chi connectivity index (χ4n) is 3.55. The number of nitrogens with zero attached hydrogens (tertiary/aromatic N) is 2. The number of rotatable bonds is 8. The molecule has 6 heteroatoms. The number of hydrogen-bond acceptors (Lipinski definition) is 5. The summed E-state index contributed by atoms with van der Waals surface area (Å²) in [5, 5.41) is 6.40. The zero-order valence-electron chi connectivity index (χ0n) is 15.9. The Bertz CT molecular complexity index is 655. The summed E-state index contributed by atoms with van der Waals surface area (Å²) in [6.45, 7) is 6.61. The first-order valence-corrected chi connectivity index (χ1v) is 9.79. The predicted octanol–water partition coefficient (Wildman–Crippen LogP) is 1.79. The first-order valence-electron chi connectivity index (χ1n) is 9.79. The molecule has 2 N–H and O–H groups in total. The Morgan fingerprint density at radius 2 is 2.15 bits per heavy atom. The van der Waals surface area contributed by atoms with Crippen molar-refractivity contribution < 1.29 is 9.59 Å². The Kier molecular flexibility index (Phi) is 6.25. The zero-order valence-corrected chi connectivity index (χ0v) is 15.9. The molecule has 0 bridgehead atoms. The van der Waals surface area contributed by atoms with Gasteiger partial charge in [-0.1, -0.05) is 6.07 Å². The van der Waals surface area contributed by atoms with Gasteiger partial charge in [-0.15, -0.1) is 0 Å². The van der Waals surface area contributed by atoms with Crippen molar-refractivity contribution in [2.75, 3.05) is 31.5 Å². The lowest BCUT2D eigenvalue weighted by Gasteiger charge is -2.41. The summed E-state index contributed by atoms with van der Waals surface area (Å²) >= 11 is 0. The van der Waals surface area contributed by atoms with Crippen LogP contribution in [-0.4, -0.2) is 53.8 Å². The molecule has 3 rings (SSSR count). The second kappa shape index (κ2) is 8.62. The Balaban J connectivity index is 1.30. The summed E-state index contributed by atoms with van der Waals surface area (Å²) in [6, 6.07) is 4.25. The van der Waals surface area contributed by atoms with Gasteiger partial charge in [0.05, 0.1) is 12.0 Å². The van der Waals surface area contributed by atoms with Crippen LogP contribution in [0.2, 0.25) is 0 Å². The van der Waals surface area contributed by atoms with Crippen LogP contribution in [0.15, 0.2) is 12.1 Å². The van der Waals surface area contributed by atoms with E-state index in [1.807, 2.05) is 6.92 Å². The minimum atomic E-state index is -0.0716. The molecule has 2 aliphatic rings. The van der Waals surface area contributed by atoms with E-state index in [2.05, 4.69) is 27.7 Å². The summed E-state index contributed by atoms with van der Waals surface area (Å²) < 4.78 is 0. The molecule has 3 heterocycles. The smallest absolute Gasteiger partial charge is 0.225 e. The fraction of sp³-hybridized carbons (Fsp3) is 0.650. The molecule has 26 heavy (non-hydrogen) atoms. The zero-order chi connectivity index (χ0) is 18.5. The second-order valence-corrected chi connectivity index (χ2v) is 7.53. The molecule has 0 spiro atoms. The van der Waals surface area contributed by atoms with Crippen LogP contribution < -0.4 is 10.6 Å². The second-order valence-electron chi connectivity index (χ2n) is 7.53. The molecule has 1 unspecified atom stereocenters. The number of anilines is 1. The number of aromatic nitrogens is 1. The van der Waals surface area contributed by atoms with E-state index in [0.717, 1.165) is 43.7 Å². The number of carbonyl (C=O) groups excluding carboxylic acids is 2. The molecular weight excluding hydrogens is 328 g/mol. The van der Waals surface area contributed by atoms with Gasteiger partial charge in [-0.3, -0.25) is 14.5 Å². The molecule has 1 atom stereocenters. The third-order valence-corrected chi connectivity index (χ3v) is 5.53. The topological polar surface area (TPSA) is 74.3 Å². The molecule has 1 aromatic heterocycles. The van der Waals surface area contributed by atoms with Crippen molar-refractivity contribution in [2.45, 2.75) is 52.0 Å². The van der Waals surface area contributed by atoms with Gasteiger partial charge >= 0.3 is 0 Å². The Labute approximate surface area is 155 Å². The largest absolute Gasteiger partial charge is 0.370 e. The van der Waals surface area contributed by atoms with Crippen LogP contribution in [-0.2, 0) is 22.4 Å². The van der Waals surface area contributed by atoms with E-state index >= 15 is 0 Å². The maximum Gasteiger partial charge on any atom is 0.225 e. The Morgan fingerprint density at radius 1 is 1.35 bits per heavy atom. The number of amides is 1. The molecule has 1 aromatic rings. The highest BCUT2D eigenvalue weighted by Gasteiger charge is 2.36. The predicted molar refractivity (Wildman–Crippen MR) is 102 cm³/mol. The van der Waals surface area contributed by atoms with E-state index in [-0.39, 0.29) is 23.7 Å². The molecule has 0 aromatic carbocycles. The molecular formula is C20H30N4O2. The number of hydrogen-bond donors (Lipinski definition) is 2. The number of pyridine rings is 1. The maximum atomic E-state index is 12.1. The van der Waals surface area contributed by atoms with Crippen LogP contribution in [0.1, 0.15) is 44.4 Å². The quantitative estimate of drug-likeness (QED) is 0.693. The number of aryl methyl sites for hydroxylation is 2. The van der Waals surface area contributed by atoms with E-state index in [4.69, 9.17) is 4.98 Å². The van der Waals surface area contributed by atoms with Crippen molar-refractivity contribution in [3.8, 4) is 0 Å². The summed E-state index contributed by atoms with van der Waals surface area (Å²) in [6.07, 6.45) is 5.21. The molecule has 0 radical (unpaired) electrons. The van der Waals surface area contributed by atoms with E-state index < -0.39 is 0 Å². The van der Waals surface area contributed by atoms with Crippen LogP contribution in [0.4, 0.5) is 5.82 Å². The van der Waals surface area contributed by atoms with E-state index in [0.29, 0.717) is 19.6 Å². The van der Waals surface area contributed by atoms with Crippen LogP contribution in [0.25, 0.3) is 0 Å². The average molecular weight is 358 g/mol. The number of fused-ring (bicyclic) bond motifs is 1. The van der Waals surface area contributed by atoms with Crippen molar-refractivity contribution in [1.29, 1.82) is 0 Å². The first kappa shape index (κ1) is 18.8. The Hall–Kier alpha value is -1.95. The normalized spacial score (nSPS) is 18.4. The van der Waals surface area contributed by atoms with Crippen molar-refractivity contribution in [1.82, 2.24) is 15.2 Å². The lowest BCUT2D eigenvalue weighted by molar-refractivity contribution is -0.135. The summed E-state index contributed by atoms with van der Waals surface area (Å²) in [7, 11) is 0. The third-order valence-electron chi connectivity index (χ3n) is 5.53. The highest BCUT2D eigenvalue weighted by Crippen LogP contribution is 2.21. The molecule has 1 saturated heterocycles. The van der Waals surface area contributed by atoms with Crippen LogP contribution in [0.3, 0.4) is 0 Å². The minimum Gasteiger partial charge on any atom is -0.370 e. The van der Waals surface area contributed by atoms with Gasteiger partial charge in [0.1, 0.15) is 11.6 Å². The lowest BCUT2D eigenvalue weighted by Crippen LogP contribution is -2.58. The van der Waals surface area contributed by atoms with Crippen LogP contribution >= 0.6 is 0 Å². The van der Waals surface area contributed by atoms with Gasteiger partial charge in [-0.05, 0) is 57.6 Å². The van der Waals surface area contributed by atoms with Gasteiger partial charge < -0.3 is 10.6 Å². The van der Waals surface area contributed by atoms with E-state index in [9.17, 15) is 9.59 Å². The summed E-state index contributed by atoms with van der Waals surface area (Å²) in [5.74, 6) is 1.37. The number of ketones is 1. The monoisotopic (exact) mass is 358 g/mol. The molecule has 2 aliphatic heterocycles. The highest BCUT2D eigenvalue weighted by atomic mass is 16.2. The Morgan fingerprint density at radius 3 is 2.92 bits per heavy atom. The van der Waals surface area contributed by atoms with Gasteiger partial charge in [-0.25, -0.2) is 4.98 Å². The standard InChI is InChI=1S/C20H30N4O2/c1-14(15(2)25)24-12-17(13-24)20(26)22-10-4-3-7-18-9-8-16-6-5-11-21-19(16)23-18/h8-9,14,17H,3-7,10-13H2,1-2H3,(H,21,23)(H,22,26). The van der Waals surface area contributed by atoms with E-state index in [1.165, 1.54) is 12.0 Å². The van der Waals surface area contributed by atoms with E-state index in [1.54, 1.807) is 6.92 Å². The number of nitrogens with one attached hydrogen (secondary N) is 2. The molecule has 1 amide bonds. The van der Waals surface area contributed by atoms with Crippen LogP contribution in [0, 0.1) is 5.92 Å². The summed E-state index contributed by atoms with van der Waals surface area (Å²) in [5.41, 5.74) is 2.44. The van der Waals surface area contributed by atoms with Gasteiger partial charge in [0.25, 0.3) is 0 Å². The number of likely N-dealkylation sites (tertiary alicyclic amines) is 1. The number of unbranched alkanes of at least 4 members (excludes halogenated alkanes) is 1. The first-order chi connectivity index (χ1) is 12.5. The number of Topliss-reactive ketones (excluding diaryl/α,β-unsaturated/α-hetero) is 1.